The molecule has 1 aromatic carbocycles. The van der Waals surface area contributed by atoms with E-state index in [-0.39, 0.29) is 23.1 Å². The SMILES string of the molecule is CCN(C(=O)COC(=O)c1cccc(C#N)c1)[C@H]1CCS(=O)(=O)C1. The van der Waals surface area contributed by atoms with Crippen LogP contribution in [0.1, 0.15) is 29.3 Å². The van der Waals surface area contributed by atoms with Crippen molar-refractivity contribution in [2.75, 3.05) is 24.7 Å². The molecule has 24 heavy (non-hydrogen) atoms. The molecule has 0 aliphatic carbocycles. The van der Waals surface area contributed by atoms with Gasteiger partial charge < -0.3 is 9.64 Å². The molecule has 1 fully saturated rings. The summed E-state index contributed by atoms with van der Waals surface area (Å²) in [6.45, 7) is 1.64. The molecule has 1 heterocycles. The lowest BCUT2D eigenvalue weighted by Crippen LogP contribution is -2.43. The van der Waals surface area contributed by atoms with Crippen LogP contribution in [0, 0.1) is 11.3 Å². The molecule has 0 unspecified atom stereocenters. The van der Waals surface area contributed by atoms with Crippen LogP contribution in [0.25, 0.3) is 0 Å². The third kappa shape index (κ3) is 4.32. The average molecular weight is 350 g/mol. The molecule has 0 N–H and O–H groups in total. The number of likely N-dealkylation sites (N-methyl/N-ethyl adjacent to an activating group) is 1. The van der Waals surface area contributed by atoms with Gasteiger partial charge in [0, 0.05) is 12.6 Å². The summed E-state index contributed by atoms with van der Waals surface area (Å²) in [5.74, 6) is -1.10. The summed E-state index contributed by atoms with van der Waals surface area (Å²) in [5.41, 5.74) is 0.510. The van der Waals surface area contributed by atoms with Crippen LogP contribution >= 0.6 is 0 Å². The Kier molecular flexibility index (Phi) is 5.57. The van der Waals surface area contributed by atoms with Crippen LogP contribution in [0.2, 0.25) is 0 Å². The number of hydrogen-bond acceptors (Lipinski definition) is 6. The van der Waals surface area contributed by atoms with Gasteiger partial charge in [0.25, 0.3) is 5.91 Å². The lowest BCUT2D eigenvalue weighted by Gasteiger charge is -2.26. The number of rotatable bonds is 5. The van der Waals surface area contributed by atoms with E-state index in [1.165, 1.54) is 17.0 Å². The molecule has 0 aromatic heterocycles. The van der Waals surface area contributed by atoms with E-state index < -0.39 is 28.3 Å². The molecule has 0 radical (unpaired) electrons. The number of hydrogen-bond donors (Lipinski definition) is 0. The second-order valence-corrected chi connectivity index (χ2v) is 7.73. The van der Waals surface area contributed by atoms with Gasteiger partial charge in [0.05, 0.1) is 28.7 Å². The lowest BCUT2D eigenvalue weighted by molar-refractivity contribution is -0.136. The normalized spacial score (nSPS) is 18.6. The van der Waals surface area contributed by atoms with Gasteiger partial charge in [-0.3, -0.25) is 4.79 Å². The highest BCUT2D eigenvalue weighted by molar-refractivity contribution is 7.91. The Hall–Kier alpha value is -2.40. The van der Waals surface area contributed by atoms with Gasteiger partial charge in [0.1, 0.15) is 0 Å². The van der Waals surface area contributed by atoms with Crippen molar-refractivity contribution in [3.8, 4) is 6.07 Å². The monoisotopic (exact) mass is 350 g/mol. The van der Waals surface area contributed by atoms with E-state index in [1.54, 1.807) is 19.1 Å². The van der Waals surface area contributed by atoms with Gasteiger partial charge in [0.15, 0.2) is 16.4 Å². The van der Waals surface area contributed by atoms with Crippen molar-refractivity contribution in [1.82, 2.24) is 4.90 Å². The Labute approximate surface area is 140 Å². The molecule has 128 valence electrons. The standard InChI is InChI=1S/C16H18N2O5S/c1-2-18(14-6-7-24(21,22)11-14)15(19)10-23-16(20)13-5-3-4-12(8-13)9-17/h3-5,8,14H,2,6-7,10-11H2,1H3/t14-/m0/s1. The Morgan fingerprint density at radius 3 is 2.75 bits per heavy atom. The Balaban J connectivity index is 1.96. The summed E-state index contributed by atoms with van der Waals surface area (Å²) in [7, 11) is -3.10. The molecule has 1 aliphatic heterocycles. The molecule has 0 bridgehead atoms. The maximum absolute atomic E-state index is 12.2. The Morgan fingerprint density at radius 1 is 1.42 bits per heavy atom. The van der Waals surface area contributed by atoms with Crippen LogP contribution in [0.15, 0.2) is 24.3 Å². The minimum Gasteiger partial charge on any atom is -0.452 e. The number of amides is 1. The largest absolute Gasteiger partial charge is 0.452 e. The quantitative estimate of drug-likeness (QED) is 0.726. The number of esters is 1. The zero-order valence-corrected chi connectivity index (χ0v) is 14.1. The molecule has 7 nitrogen and oxygen atoms in total. The third-order valence-electron chi connectivity index (χ3n) is 3.86. The lowest BCUT2D eigenvalue weighted by atomic mass is 10.1. The zero-order chi connectivity index (χ0) is 17.7. The molecule has 0 saturated carbocycles. The van der Waals surface area contributed by atoms with E-state index >= 15 is 0 Å². The molecule has 0 spiro atoms. The first kappa shape index (κ1) is 17.9. The van der Waals surface area contributed by atoms with E-state index in [2.05, 4.69) is 0 Å². The topological polar surface area (TPSA) is 105 Å². The number of carbonyl (C=O) groups is 2. The molecule has 1 aliphatic rings. The van der Waals surface area contributed by atoms with E-state index in [4.69, 9.17) is 10.00 Å². The van der Waals surface area contributed by atoms with Gasteiger partial charge in [-0.25, -0.2) is 13.2 Å². The van der Waals surface area contributed by atoms with E-state index in [9.17, 15) is 18.0 Å². The third-order valence-corrected chi connectivity index (χ3v) is 5.61. The van der Waals surface area contributed by atoms with E-state index in [1.807, 2.05) is 6.07 Å². The van der Waals surface area contributed by atoms with Crippen LogP contribution in [-0.2, 0) is 19.4 Å². The number of nitrogens with zero attached hydrogens (tertiary/aromatic N) is 2. The number of sulfone groups is 1. The van der Waals surface area contributed by atoms with Gasteiger partial charge in [-0.1, -0.05) is 6.07 Å². The number of carbonyl (C=O) groups excluding carboxylic acids is 2. The summed E-state index contributed by atoms with van der Waals surface area (Å²) < 4.78 is 28.1. The van der Waals surface area contributed by atoms with Crippen molar-refractivity contribution in [2.24, 2.45) is 0 Å². The summed E-state index contributed by atoms with van der Waals surface area (Å²) in [4.78, 5) is 25.6. The zero-order valence-electron chi connectivity index (χ0n) is 13.3. The molecule has 2 rings (SSSR count). The van der Waals surface area contributed by atoms with E-state index in [0.717, 1.165) is 0 Å². The van der Waals surface area contributed by atoms with Crippen molar-refractivity contribution in [3.05, 3.63) is 35.4 Å². The fourth-order valence-corrected chi connectivity index (χ4v) is 4.40. The van der Waals surface area contributed by atoms with Crippen molar-refractivity contribution in [2.45, 2.75) is 19.4 Å². The smallest absolute Gasteiger partial charge is 0.338 e. The summed E-state index contributed by atoms with van der Waals surface area (Å²) in [5, 5.41) is 8.82. The average Bonchev–Trinajstić information content (AvgIpc) is 2.93. The van der Waals surface area contributed by atoms with E-state index in [0.29, 0.717) is 18.5 Å². The molecule has 1 aromatic rings. The minimum absolute atomic E-state index is 0.0509. The van der Waals surface area contributed by atoms with Gasteiger partial charge >= 0.3 is 5.97 Å². The second kappa shape index (κ2) is 7.45. The Morgan fingerprint density at radius 2 is 2.17 bits per heavy atom. The van der Waals surface area contributed by atoms with Crippen molar-refractivity contribution in [3.63, 3.8) is 0 Å². The Bertz CT molecular complexity index is 782. The van der Waals surface area contributed by atoms with Crippen LogP contribution in [0.4, 0.5) is 0 Å². The van der Waals surface area contributed by atoms with Crippen molar-refractivity contribution >= 4 is 21.7 Å². The number of ether oxygens (including phenoxy) is 1. The van der Waals surface area contributed by atoms with Gasteiger partial charge in [-0.15, -0.1) is 0 Å². The summed E-state index contributed by atoms with van der Waals surface area (Å²) in [6.07, 6.45) is 0.403. The van der Waals surface area contributed by atoms with Crippen LogP contribution in [0.5, 0.6) is 0 Å². The summed E-state index contributed by atoms with van der Waals surface area (Å²) in [6, 6.07) is 7.54. The highest BCUT2D eigenvalue weighted by Gasteiger charge is 2.34. The predicted molar refractivity (Wildman–Crippen MR) is 85.9 cm³/mol. The van der Waals surface area contributed by atoms with Crippen LogP contribution in [0.3, 0.4) is 0 Å². The minimum atomic E-state index is -3.10. The van der Waals surface area contributed by atoms with Gasteiger partial charge in [-0.05, 0) is 31.5 Å². The van der Waals surface area contributed by atoms with Crippen LogP contribution in [-0.4, -0.2) is 55.9 Å². The highest BCUT2D eigenvalue weighted by Crippen LogP contribution is 2.18. The number of nitriles is 1. The van der Waals surface area contributed by atoms with Crippen molar-refractivity contribution in [1.29, 1.82) is 5.26 Å². The van der Waals surface area contributed by atoms with Crippen molar-refractivity contribution < 1.29 is 22.7 Å². The van der Waals surface area contributed by atoms with Gasteiger partial charge in [0.2, 0.25) is 0 Å². The fourth-order valence-electron chi connectivity index (χ4n) is 2.67. The van der Waals surface area contributed by atoms with Gasteiger partial charge in [-0.2, -0.15) is 5.26 Å². The second-order valence-electron chi connectivity index (χ2n) is 5.51. The molecule has 1 saturated heterocycles. The molecule has 8 heteroatoms. The first-order valence-corrected chi connectivity index (χ1v) is 9.35. The molecular formula is C16H18N2O5S. The maximum Gasteiger partial charge on any atom is 0.338 e. The maximum atomic E-state index is 12.2. The first-order valence-electron chi connectivity index (χ1n) is 7.53. The molecular weight excluding hydrogens is 332 g/mol. The fraction of sp³-hybridized carbons (Fsp3) is 0.438. The predicted octanol–water partition coefficient (Wildman–Crippen LogP) is 0.751. The number of benzene rings is 1. The highest BCUT2D eigenvalue weighted by atomic mass is 32.2. The first-order chi connectivity index (χ1) is 11.4. The summed E-state index contributed by atoms with van der Waals surface area (Å²) >= 11 is 0. The molecule has 1 amide bonds. The molecule has 1 atom stereocenters. The van der Waals surface area contributed by atoms with Crippen LogP contribution < -0.4 is 0 Å².